The van der Waals surface area contributed by atoms with E-state index in [0.29, 0.717) is 16.5 Å². The van der Waals surface area contributed by atoms with E-state index in [1.54, 1.807) is 6.07 Å². The van der Waals surface area contributed by atoms with Gasteiger partial charge in [-0.1, -0.05) is 29.3 Å². The molecule has 18 heavy (non-hydrogen) atoms. The monoisotopic (exact) mass is 305 g/mol. The Hall–Kier alpha value is 0.0700. The number of hydrogen-bond donors (Lipinski definition) is 1. The van der Waals surface area contributed by atoms with Crippen molar-refractivity contribution in [3.63, 3.8) is 0 Å². The van der Waals surface area contributed by atoms with Gasteiger partial charge >= 0.3 is 0 Å². The number of nitrogens with zero attached hydrogens (tertiary/aromatic N) is 1. The number of hydrogen-bond acceptors (Lipinski definition) is 3. The van der Waals surface area contributed by atoms with Crippen LogP contribution in [0.3, 0.4) is 0 Å². The van der Waals surface area contributed by atoms with Gasteiger partial charge < -0.3 is 5.11 Å². The van der Waals surface area contributed by atoms with E-state index in [1.807, 2.05) is 23.9 Å². The minimum Gasteiger partial charge on any atom is -0.391 e. The molecule has 0 spiro atoms. The quantitative estimate of drug-likeness (QED) is 0.929. The van der Waals surface area contributed by atoms with Gasteiger partial charge in [-0.3, -0.25) is 4.90 Å². The van der Waals surface area contributed by atoms with Crippen molar-refractivity contribution in [2.75, 3.05) is 25.1 Å². The first kappa shape index (κ1) is 14.5. The van der Waals surface area contributed by atoms with Crippen LogP contribution < -0.4 is 0 Å². The van der Waals surface area contributed by atoms with Crippen molar-refractivity contribution in [1.82, 2.24) is 4.90 Å². The van der Waals surface area contributed by atoms with E-state index in [1.165, 1.54) is 0 Å². The van der Waals surface area contributed by atoms with Gasteiger partial charge in [0, 0.05) is 24.1 Å². The highest BCUT2D eigenvalue weighted by molar-refractivity contribution is 7.99. The van der Waals surface area contributed by atoms with Crippen LogP contribution in [0, 0.1) is 0 Å². The summed E-state index contributed by atoms with van der Waals surface area (Å²) >= 11 is 13.8. The minimum absolute atomic E-state index is 0.221. The Kier molecular flexibility index (Phi) is 5.22. The lowest BCUT2D eigenvalue weighted by Gasteiger charge is -2.35. The van der Waals surface area contributed by atoms with Crippen molar-refractivity contribution in [3.8, 4) is 0 Å². The van der Waals surface area contributed by atoms with Crippen molar-refractivity contribution in [2.24, 2.45) is 0 Å². The van der Waals surface area contributed by atoms with E-state index in [2.05, 4.69) is 11.9 Å². The molecule has 2 atom stereocenters. The maximum Gasteiger partial charge on any atom is 0.0743 e. The summed E-state index contributed by atoms with van der Waals surface area (Å²) in [5.74, 6) is 2.13. The van der Waals surface area contributed by atoms with Crippen LogP contribution in [0.15, 0.2) is 18.2 Å². The van der Waals surface area contributed by atoms with Crippen LogP contribution in [-0.4, -0.2) is 47.3 Å². The van der Waals surface area contributed by atoms with Crippen molar-refractivity contribution in [3.05, 3.63) is 33.8 Å². The Morgan fingerprint density at radius 2 is 2.22 bits per heavy atom. The summed E-state index contributed by atoms with van der Waals surface area (Å²) in [6, 6.07) is 5.76. The lowest BCUT2D eigenvalue weighted by Crippen LogP contribution is -2.47. The van der Waals surface area contributed by atoms with Gasteiger partial charge in [0.2, 0.25) is 0 Å². The van der Waals surface area contributed by atoms with Gasteiger partial charge in [-0.15, -0.1) is 0 Å². The maximum atomic E-state index is 10.3. The van der Waals surface area contributed by atoms with E-state index in [9.17, 15) is 5.11 Å². The Balaban J connectivity index is 2.01. The van der Waals surface area contributed by atoms with Crippen LogP contribution in [0.5, 0.6) is 0 Å². The summed E-state index contributed by atoms with van der Waals surface area (Å²) in [6.07, 6.45) is 0.256. The Bertz CT molecular complexity index is 416. The summed E-state index contributed by atoms with van der Waals surface area (Å²) in [5.41, 5.74) is 1.03. The van der Waals surface area contributed by atoms with Crippen LogP contribution >= 0.6 is 35.0 Å². The number of likely N-dealkylation sites (N-methyl/N-ethyl adjacent to an activating group) is 1. The molecule has 0 radical (unpaired) electrons. The number of rotatable bonds is 3. The van der Waals surface area contributed by atoms with E-state index in [-0.39, 0.29) is 12.1 Å². The molecular weight excluding hydrogens is 289 g/mol. The van der Waals surface area contributed by atoms with Gasteiger partial charge in [0.05, 0.1) is 16.1 Å². The largest absolute Gasteiger partial charge is 0.391 e. The van der Waals surface area contributed by atoms with Crippen LogP contribution in [0.4, 0.5) is 0 Å². The zero-order valence-corrected chi connectivity index (χ0v) is 12.6. The number of benzene rings is 1. The Morgan fingerprint density at radius 1 is 1.44 bits per heavy atom. The highest BCUT2D eigenvalue weighted by Gasteiger charge is 2.26. The molecule has 1 heterocycles. The molecule has 100 valence electrons. The van der Waals surface area contributed by atoms with Gasteiger partial charge in [0.1, 0.15) is 0 Å². The first-order chi connectivity index (χ1) is 8.58. The lowest BCUT2D eigenvalue weighted by atomic mass is 10.0. The molecule has 1 aromatic carbocycles. The number of halogens is 2. The predicted molar refractivity (Wildman–Crippen MR) is 79.9 cm³/mol. The molecule has 5 heteroatoms. The number of aliphatic hydroxyl groups excluding tert-OH is 1. The SMILES string of the molecule is CN1CCSCC1C(O)Cc1ccc(Cl)c(Cl)c1. The highest BCUT2D eigenvalue weighted by atomic mass is 35.5. The van der Waals surface area contributed by atoms with Crippen LogP contribution in [0.25, 0.3) is 0 Å². The van der Waals surface area contributed by atoms with Crippen molar-refractivity contribution in [2.45, 2.75) is 18.6 Å². The third-order valence-corrected chi connectivity index (χ3v) is 5.10. The lowest BCUT2D eigenvalue weighted by molar-refractivity contribution is 0.0763. The molecule has 0 saturated carbocycles. The predicted octanol–water partition coefficient (Wildman–Crippen LogP) is 2.94. The molecule has 0 amide bonds. The molecule has 1 aliphatic heterocycles. The maximum absolute atomic E-state index is 10.3. The average molecular weight is 306 g/mol. The van der Waals surface area contributed by atoms with Crippen LogP contribution in [0.1, 0.15) is 5.56 Å². The first-order valence-electron chi connectivity index (χ1n) is 5.98. The van der Waals surface area contributed by atoms with E-state index < -0.39 is 0 Å². The minimum atomic E-state index is -0.361. The zero-order valence-electron chi connectivity index (χ0n) is 10.3. The molecule has 1 aliphatic rings. The summed E-state index contributed by atoms with van der Waals surface area (Å²) in [5, 5.41) is 11.4. The summed E-state index contributed by atoms with van der Waals surface area (Å²) in [7, 11) is 2.07. The molecule has 0 aliphatic carbocycles. The fraction of sp³-hybridized carbons (Fsp3) is 0.538. The summed E-state index contributed by atoms with van der Waals surface area (Å²) < 4.78 is 0. The Labute approximate surface area is 122 Å². The number of thioether (sulfide) groups is 1. The van der Waals surface area contributed by atoms with Crippen LogP contribution in [-0.2, 0) is 6.42 Å². The zero-order chi connectivity index (χ0) is 13.1. The molecule has 1 aromatic rings. The van der Waals surface area contributed by atoms with Gasteiger partial charge in [-0.05, 0) is 31.2 Å². The molecule has 1 saturated heterocycles. The fourth-order valence-corrected chi connectivity index (χ4v) is 3.78. The second-order valence-electron chi connectivity index (χ2n) is 4.64. The second-order valence-corrected chi connectivity index (χ2v) is 6.61. The Morgan fingerprint density at radius 3 is 2.89 bits per heavy atom. The molecule has 2 rings (SSSR count). The van der Waals surface area contributed by atoms with Gasteiger partial charge in [0.15, 0.2) is 0 Å². The molecule has 2 unspecified atom stereocenters. The molecule has 0 aromatic heterocycles. The molecule has 1 fully saturated rings. The van der Waals surface area contributed by atoms with Crippen molar-refractivity contribution in [1.29, 1.82) is 0 Å². The highest BCUT2D eigenvalue weighted by Crippen LogP contribution is 2.25. The topological polar surface area (TPSA) is 23.5 Å². The average Bonchev–Trinajstić information content (AvgIpc) is 2.34. The van der Waals surface area contributed by atoms with E-state index in [4.69, 9.17) is 23.2 Å². The number of aliphatic hydroxyl groups is 1. The molecular formula is C13H17Cl2NOS. The van der Waals surface area contributed by atoms with Crippen molar-refractivity contribution < 1.29 is 5.11 Å². The molecule has 2 nitrogen and oxygen atoms in total. The normalized spacial score (nSPS) is 23.0. The van der Waals surface area contributed by atoms with E-state index >= 15 is 0 Å². The second kappa shape index (κ2) is 6.49. The van der Waals surface area contributed by atoms with Crippen LogP contribution in [0.2, 0.25) is 10.0 Å². The molecule has 0 bridgehead atoms. The summed E-state index contributed by atoms with van der Waals surface area (Å²) in [6.45, 7) is 1.04. The third kappa shape index (κ3) is 3.55. The fourth-order valence-electron chi connectivity index (χ4n) is 2.15. The molecule has 1 N–H and O–H groups in total. The summed E-state index contributed by atoms with van der Waals surface area (Å²) in [4.78, 5) is 2.23. The van der Waals surface area contributed by atoms with Gasteiger partial charge in [-0.25, -0.2) is 0 Å². The van der Waals surface area contributed by atoms with Gasteiger partial charge in [-0.2, -0.15) is 11.8 Å². The standard InChI is InChI=1S/C13H17Cl2NOS/c1-16-4-5-18-8-12(16)13(17)7-9-2-3-10(14)11(15)6-9/h2-3,6,12-13,17H,4-5,7-8H2,1H3. The third-order valence-electron chi connectivity index (χ3n) is 3.32. The first-order valence-corrected chi connectivity index (χ1v) is 7.89. The van der Waals surface area contributed by atoms with E-state index in [0.717, 1.165) is 23.6 Å². The van der Waals surface area contributed by atoms with Crippen molar-refractivity contribution >= 4 is 35.0 Å². The van der Waals surface area contributed by atoms with Gasteiger partial charge in [0.25, 0.3) is 0 Å². The smallest absolute Gasteiger partial charge is 0.0743 e.